The summed E-state index contributed by atoms with van der Waals surface area (Å²) in [6.07, 6.45) is 7.04. The molecule has 0 spiro atoms. The molecule has 0 fully saturated rings. The molecule has 1 rings (SSSR count). The third kappa shape index (κ3) is 2.46. The van der Waals surface area contributed by atoms with Crippen molar-refractivity contribution in [2.24, 2.45) is 11.7 Å². The molecule has 0 saturated heterocycles. The summed E-state index contributed by atoms with van der Waals surface area (Å²) in [5.74, 6) is 0.729. The number of carbonyl (C=O) groups excluding carboxylic acids is 1. The second-order valence-corrected chi connectivity index (χ2v) is 3.27. The molecule has 0 amide bonds. The molecule has 0 aliphatic heterocycles. The van der Waals surface area contributed by atoms with Gasteiger partial charge in [0.1, 0.15) is 5.78 Å². The molecule has 0 aromatic carbocycles. The minimum absolute atomic E-state index is 0.193. The van der Waals surface area contributed by atoms with Crippen LogP contribution < -0.4 is 5.73 Å². The second kappa shape index (κ2) is 3.67. The molecule has 0 aromatic rings. The number of allylic oxidation sites excluding steroid dienone is 2. The van der Waals surface area contributed by atoms with Crippen LogP contribution in [-0.4, -0.2) is 11.8 Å². The molecule has 1 atom stereocenters. The SMILES string of the molecule is C[C@@H](N)C(=O)CC1CC=CC1. The fourth-order valence-corrected chi connectivity index (χ4v) is 1.31. The van der Waals surface area contributed by atoms with Gasteiger partial charge in [0.25, 0.3) is 0 Å². The number of nitrogens with two attached hydrogens (primary N) is 1. The van der Waals surface area contributed by atoms with Crippen molar-refractivity contribution in [1.82, 2.24) is 0 Å². The van der Waals surface area contributed by atoms with Crippen LogP contribution in [0.2, 0.25) is 0 Å². The molecular weight excluding hydrogens is 138 g/mol. The number of rotatable bonds is 3. The third-order valence-corrected chi connectivity index (χ3v) is 2.10. The monoisotopic (exact) mass is 153 g/mol. The summed E-state index contributed by atoms with van der Waals surface area (Å²) in [5.41, 5.74) is 5.44. The van der Waals surface area contributed by atoms with Gasteiger partial charge in [-0.05, 0) is 25.7 Å². The highest BCUT2D eigenvalue weighted by molar-refractivity contribution is 5.83. The van der Waals surface area contributed by atoms with Gasteiger partial charge < -0.3 is 5.73 Å². The van der Waals surface area contributed by atoms with Crippen LogP contribution in [0, 0.1) is 5.92 Å². The lowest BCUT2D eigenvalue weighted by Gasteiger charge is -2.09. The van der Waals surface area contributed by atoms with Crippen molar-refractivity contribution in [2.75, 3.05) is 0 Å². The standard InChI is InChI=1S/C9H15NO/c1-7(10)9(11)6-8-4-2-3-5-8/h2-3,7-8H,4-6,10H2,1H3/t7-/m1/s1. The Morgan fingerprint density at radius 2 is 2.18 bits per heavy atom. The van der Waals surface area contributed by atoms with E-state index in [0.29, 0.717) is 12.3 Å². The molecule has 11 heavy (non-hydrogen) atoms. The number of hydrogen-bond donors (Lipinski definition) is 1. The van der Waals surface area contributed by atoms with E-state index in [9.17, 15) is 4.79 Å². The summed E-state index contributed by atoms with van der Waals surface area (Å²) in [6, 6.07) is -0.282. The minimum Gasteiger partial charge on any atom is -0.322 e. The van der Waals surface area contributed by atoms with Crippen LogP contribution in [-0.2, 0) is 4.79 Å². The molecule has 0 aromatic heterocycles. The number of carbonyl (C=O) groups is 1. The first-order valence-corrected chi connectivity index (χ1v) is 4.13. The van der Waals surface area contributed by atoms with E-state index in [2.05, 4.69) is 12.2 Å². The molecule has 2 heteroatoms. The predicted molar refractivity (Wildman–Crippen MR) is 45.1 cm³/mol. The van der Waals surface area contributed by atoms with E-state index in [0.717, 1.165) is 12.8 Å². The Labute approximate surface area is 67.5 Å². The molecule has 1 aliphatic carbocycles. The summed E-state index contributed by atoms with van der Waals surface area (Å²) < 4.78 is 0. The van der Waals surface area contributed by atoms with Crippen LogP contribution in [0.25, 0.3) is 0 Å². The number of ketones is 1. The summed E-state index contributed by atoms with van der Waals surface area (Å²) in [6.45, 7) is 1.75. The molecule has 2 N–H and O–H groups in total. The van der Waals surface area contributed by atoms with Gasteiger partial charge in [-0.25, -0.2) is 0 Å². The van der Waals surface area contributed by atoms with E-state index in [1.807, 2.05) is 0 Å². The fraction of sp³-hybridized carbons (Fsp3) is 0.667. The highest BCUT2D eigenvalue weighted by Gasteiger charge is 2.16. The summed E-state index contributed by atoms with van der Waals surface area (Å²) in [4.78, 5) is 11.1. The van der Waals surface area contributed by atoms with Gasteiger partial charge in [0, 0.05) is 6.42 Å². The van der Waals surface area contributed by atoms with Gasteiger partial charge in [0.05, 0.1) is 6.04 Å². The van der Waals surface area contributed by atoms with E-state index < -0.39 is 0 Å². The number of hydrogen-bond acceptors (Lipinski definition) is 2. The van der Waals surface area contributed by atoms with Crippen LogP contribution >= 0.6 is 0 Å². The van der Waals surface area contributed by atoms with Gasteiger partial charge in [-0.15, -0.1) is 0 Å². The number of Topliss-reactive ketones (excluding diaryl/α,β-unsaturated/α-hetero) is 1. The Kier molecular flexibility index (Phi) is 2.83. The lowest BCUT2D eigenvalue weighted by Crippen LogP contribution is -2.27. The molecule has 0 radical (unpaired) electrons. The lowest BCUT2D eigenvalue weighted by molar-refractivity contribution is -0.120. The molecule has 0 bridgehead atoms. The van der Waals surface area contributed by atoms with Crippen molar-refractivity contribution in [3.8, 4) is 0 Å². The Hall–Kier alpha value is -0.630. The zero-order chi connectivity index (χ0) is 8.27. The predicted octanol–water partition coefficient (Wildman–Crippen LogP) is 1.26. The van der Waals surface area contributed by atoms with Crippen LogP contribution in [0.3, 0.4) is 0 Å². The van der Waals surface area contributed by atoms with E-state index in [1.165, 1.54) is 0 Å². The average molecular weight is 153 g/mol. The van der Waals surface area contributed by atoms with Crippen molar-refractivity contribution < 1.29 is 4.79 Å². The Morgan fingerprint density at radius 3 is 2.64 bits per heavy atom. The van der Waals surface area contributed by atoms with Crippen LogP contribution in [0.4, 0.5) is 0 Å². The molecule has 0 unspecified atom stereocenters. The third-order valence-electron chi connectivity index (χ3n) is 2.10. The van der Waals surface area contributed by atoms with Crippen molar-refractivity contribution in [3.63, 3.8) is 0 Å². The van der Waals surface area contributed by atoms with Crippen LogP contribution in [0.1, 0.15) is 26.2 Å². The normalized spacial score (nSPS) is 20.5. The van der Waals surface area contributed by atoms with E-state index >= 15 is 0 Å². The van der Waals surface area contributed by atoms with Gasteiger partial charge in [-0.1, -0.05) is 12.2 Å². The van der Waals surface area contributed by atoms with Crippen molar-refractivity contribution >= 4 is 5.78 Å². The fourth-order valence-electron chi connectivity index (χ4n) is 1.31. The van der Waals surface area contributed by atoms with E-state index in [1.54, 1.807) is 6.92 Å². The first kappa shape index (κ1) is 8.47. The zero-order valence-electron chi connectivity index (χ0n) is 6.92. The van der Waals surface area contributed by atoms with E-state index in [4.69, 9.17) is 5.73 Å². The largest absolute Gasteiger partial charge is 0.322 e. The second-order valence-electron chi connectivity index (χ2n) is 3.27. The van der Waals surface area contributed by atoms with Gasteiger partial charge in [0.2, 0.25) is 0 Å². The quantitative estimate of drug-likeness (QED) is 0.620. The minimum atomic E-state index is -0.282. The molecular formula is C9H15NO. The van der Waals surface area contributed by atoms with Crippen LogP contribution in [0.5, 0.6) is 0 Å². The van der Waals surface area contributed by atoms with Crippen molar-refractivity contribution in [3.05, 3.63) is 12.2 Å². The Balaban J connectivity index is 2.25. The first-order valence-electron chi connectivity index (χ1n) is 4.13. The van der Waals surface area contributed by atoms with Gasteiger partial charge >= 0.3 is 0 Å². The first-order chi connectivity index (χ1) is 5.20. The highest BCUT2D eigenvalue weighted by atomic mass is 16.1. The van der Waals surface area contributed by atoms with Gasteiger partial charge in [-0.3, -0.25) is 4.79 Å². The topological polar surface area (TPSA) is 43.1 Å². The maximum absolute atomic E-state index is 11.1. The smallest absolute Gasteiger partial charge is 0.149 e. The van der Waals surface area contributed by atoms with Crippen molar-refractivity contribution in [2.45, 2.75) is 32.2 Å². The molecule has 0 saturated carbocycles. The summed E-state index contributed by atoms with van der Waals surface area (Å²) in [5, 5.41) is 0. The molecule has 2 nitrogen and oxygen atoms in total. The zero-order valence-corrected chi connectivity index (χ0v) is 6.92. The molecule has 1 aliphatic rings. The summed E-state index contributed by atoms with van der Waals surface area (Å²) in [7, 11) is 0. The lowest BCUT2D eigenvalue weighted by atomic mass is 9.98. The summed E-state index contributed by atoms with van der Waals surface area (Å²) >= 11 is 0. The average Bonchev–Trinajstić information content (AvgIpc) is 2.39. The maximum Gasteiger partial charge on any atom is 0.149 e. The Morgan fingerprint density at radius 1 is 1.64 bits per heavy atom. The molecule has 62 valence electrons. The van der Waals surface area contributed by atoms with Gasteiger partial charge in [0.15, 0.2) is 0 Å². The van der Waals surface area contributed by atoms with E-state index in [-0.39, 0.29) is 11.8 Å². The Bertz CT molecular complexity index is 164. The van der Waals surface area contributed by atoms with Gasteiger partial charge in [-0.2, -0.15) is 0 Å². The maximum atomic E-state index is 11.1. The highest BCUT2D eigenvalue weighted by Crippen LogP contribution is 2.21. The van der Waals surface area contributed by atoms with Crippen molar-refractivity contribution in [1.29, 1.82) is 0 Å². The molecule has 0 heterocycles. The van der Waals surface area contributed by atoms with Crippen LogP contribution in [0.15, 0.2) is 12.2 Å².